The molecule has 3 rings (SSSR count). The highest BCUT2D eigenvalue weighted by molar-refractivity contribution is 6.33. The number of halogens is 1. The summed E-state index contributed by atoms with van der Waals surface area (Å²) in [5, 5.41) is 2.75. The van der Waals surface area contributed by atoms with E-state index in [9.17, 15) is 19.2 Å². The Hall–Kier alpha value is -3.59. The van der Waals surface area contributed by atoms with Crippen molar-refractivity contribution in [3.8, 4) is 11.5 Å². The number of alkyl halides is 1. The van der Waals surface area contributed by atoms with E-state index in [4.69, 9.17) is 21.1 Å². The predicted octanol–water partition coefficient (Wildman–Crippen LogP) is 2.17. The van der Waals surface area contributed by atoms with Crippen molar-refractivity contribution in [3.63, 3.8) is 0 Å². The molecule has 9 nitrogen and oxygen atoms in total. The van der Waals surface area contributed by atoms with Gasteiger partial charge in [-0.25, -0.2) is 5.01 Å². The van der Waals surface area contributed by atoms with E-state index in [1.807, 2.05) is 0 Å². The van der Waals surface area contributed by atoms with Crippen LogP contribution in [0.4, 0.5) is 5.69 Å². The summed E-state index contributed by atoms with van der Waals surface area (Å²) in [6, 6.07) is 12.7. The van der Waals surface area contributed by atoms with Crippen molar-refractivity contribution in [2.24, 2.45) is 0 Å². The fourth-order valence-electron chi connectivity index (χ4n) is 3.05. The molecule has 0 bridgehead atoms. The Labute approximate surface area is 183 Å². The molecular weight excluding hydrogens is 426 g/mol. The van der Waals surface area contributed by atoms with Crippen LogP contribution in [0.1, 0.15) is 24.9 Å². The van der Waals surface area contributed by atoms with Gasteiger partial charge in [0.15, 0.2) is 11.5 Å². The molecule has 1 aliphatic heterocycles. The number of carbonyl (C=O) groups excluding carboxylic acids is 4. The lowest BCUT2D eigenvalue weighted by Gasteiger charge is -2.44. The maximum atomic E-state index is 12.3. The molecule has 0 aliphatic carbocycles. The topological polar surface area (TPSA) is 114 Å². The van der Waals surface area contributed by atoms with Crippen LogP contribution in [-0.2, 0) is 19.2 Å². The first-order chi connectivity index (χ1) is 14.8. The molecule has 162 valence electrons. The largest absolute Gasteiger partial charge is 0.493 e. The second kappa shape index (κ2) is 9.48. The van der Waals surface area contributed by atoms with E-state index in [1.54, 1.807) is 42.5 Å². The van der Waals surface area contributed by atoms with Gasteiger partial charge in [-0.2, -0.15) is 0 Å². The number of hydrogen-bond donors (Lipinski definition) is 2. The normalized spacial score (nSPS) is 17.4. The number of carbonyl (C=O) groups is 4. The fraction of sp³-hybridized carbons (Fsp3) is 0.238. The molecule has 0 aromatic heterocycles. The number of nitrogens with zero attached hydrogens (tertiary/aromatic N) is 1. The average Bonchev–Trinajstić information content (AvgIpc) is 2.74. The van der Waals surface area contributed by atoms with Crippen molar-refractivity contribution in [3.05, 3.63) is 54.1 Å². The third-order valence-electron chi connectivity index (χ3n) is 4.44. The second-order valence-corrected chi connectivity index (χ2v) is 7.15. The molecule has 31 heavy (non-hydrogen) atoms. The maximum Gasteiger partial charge on any atom is 0.308 e. The number of para-hydroxylation sites is 1. The summed E-state index contributed by atoms with van der Waals surface area (Å²) in [7, 11) is 1.40. The van der Waals surface area contributed by atoms with Gasteiger partial charge in [-0.15, -0.1) is 11.6 Å². The summed E-state index contributed by atoms with van der Waals surface area (Å²) >= 11 is 6.16. The van der Waals surface area contributed by atoms with Gasteiger partial charge < -0.3 is 14.8 Å². The van der Waals surface area contributed by atoms with E-state index >= 15 is 0 Å². The van der Waals surface area contributed by atoms with Crippen LogP contribution >= 0.6 is 11.6 Å². The van der Waals surface area contributed by atoms with Crippen molar-refractivity contribution in [1.82, 2.24) is 10.4 Å². The van der Waals surface area contributed by atoms with Crippen LogP contribution in [0.2, 0.25) is 0 Å². The first kappa shape index (κ1) is 22.1. The number of benzene rings is 2. The molecule has 1 aliphatic rings. The third-order valence-corrected chi connectivity index (χ3v) is 4.86. The summed E-state index contributed by atoms with van der Waals surface area (Å²) < 4.78 is 10.3. The first-order valence-electron chi connectivity index (χ1n) is 9.28. The highest BCUT2D eigenvalue weighted by Gasteiger charge is 2.48. The van der Waals surface area contributed by atoms with E-state index in [0.29, 0.717) is 11.3 Å². The monoisotopic (exact) mass is 445 g/mol. The minimum absolute atomic E-state index is 0.212. The minimum atomic E-state index is -0.914. The molecule has 3 amide bonds. The van der Waals surface area contributed by atoms with Crippen LogP contribution in [0.5, 0.6) is 11.5 Å². The van der Waals surface area contributed by atoms with Gasteiger partial charge in [0.1, 0.15) is 17.8 Å². The van der Waals surface area contributed by atoms with Crippen LogP contribution in [-0.4, -0.2) is 41.2 Å². The van der Waals surface area contributed by atoms with Gasteiger partial charge in [-0.3, -0.25) is 24.6 Å². The van der Waals surface area contributed by atoms with Gasteiger partial charge in [-0.1, -0.05) is 24.3 Å². The SMILES string of the molecule is COc1cc([C@@H]2[C@H](Cl)C(=O)N2NC(=O)CC(=O)Nc2ccccc2)ccc1OC(C)=O. The molecule has 0 unspecified atom stereocenters. The van der Waals surface area contributed by atoms with Crippen LogP contribution in [0, 0.1) is 0 Å². The third kappa shape index (κ3) is 5.13. The number of rotatable bonds is 7. The lowest BCUT2D eigenvalue weighted by molar-refractivity contribution is -0.157. The summed E-state index contributed by atoms with van der Waals surface area (Å²) in [6.07, 6.45) is -0.479. The van der Waals surface area contributed by atoms with Crippen LogP contribution < -0.4 is 20.2 Å². The number of anilines is 1. The molecule has 10 heteroatoms. The summed E-state index contributed by atoms with van der Waals surface area (Å²) in [6.45, 7) is 1.26. The Morgan fingerprint density at radius 1 is 1.06 bits per heavy atom. The lowest BCUT2D eigenvalue weighted by atomic mass is 9.95. The van der Waals surface area contributed by atoms with Crippen molar-refractivity contribution >= 4 is 41.0 Å². The Bertz CT molecular complexity index is 1010. The second-order valence-electron chi connectivity index (χ2n) is 6.68. The highest BCUT2D eigenvalue weighted by Crippen LogP contribution is 2.40. The number of amides is 3. The van der Waals surface area contributed by atoms with Gasteiger partial charge in [-0.05, 0) is 29.8 Å². The number of hydrogen-bond acceptors (Lipinski definition) is 6. The molecule has 0 saturated carbocycles. The average molecular weight is 446 g/mol. The number of ether oxygens (including phenoxy) is 2. The Balaban J connectivity index is 1.67. The first-order valence-corrected chi connectivity index (χ1v) is 9.71. The molecule has 1 fully saturated rings. The lowest BCUT2D eigenvalue weighted by Crippen LogP contribution is -2.63. The number of esters is 1. The molecule has 2 atom stereocenters. The number of methoxy groups -OCH3 is 1. The van der Waals surface area contributed by atoms with Gasteiger partial charge in [0.25, 0.3) is 5.91 Å². The molecule has 1 saturated heterocycles. The van der Waals surface area contributed by atoms with Gasteiger partial charge in [0.2, 0.25) is 11.8 Å². The molecule has 0 radical (unpaired) electrons. The Kier molecular flexibility index (Phi) is 6.76. The van der Waals surface area contributed by atoms with E-state index in [2.05, 4.69) is 10.7 Å². The maximum absolute atomic E-state index is 12.3. The Morgan fingerprint density at radius 3 is 2.42 bits per heavy atom. The number of hydrazine groups is 1. The molecule has 2 aromatic carbocycles. The van der Waals surface area contributed by atoms with Gasteiger partial charge >= 0.3 is 5.97 Å². The molecule has 0 spiro atoms. The van der Waals surface area contributed by atoms with Crippen molar-refractivity contribution < 1.29 is 28.7 Å². The smallest absolute Gasteiger partial charge is 0.308 e. The van der Waals surface area contributed by atoms with Crippen molar-refractivity contribution in [2.75, 3.05) is 12.4 Å². The molecule has 2 N–H and O–H groups in total. The van der Waals surface area contributed by atoms with Crippen molar-refractivity contribution in [2.45, 2.75) is 24.8 Å². The predicted molar refractivity (Wildman–Crippen MR) is 111 cm³/mol. The van der Waals surface area contributed by atoms with E-state index in [1.165, 1.54) is 20.1 Å². The molecule has 1 heterocycles. The fourth-order valence-corrected chi connectivity index (χ4v) is 3.41. The van der Waals surface area contributed by atoms with E-state index < -0.39 is 41.5 Å². The zero-order valence-corrected chi connectivity index (χ0v) is 17.5. The summed E-state index contributed by atoms with van der Waals surface area (Å²) in [4.78, 5) is 47.8. The zero-order valence-electron chi connectivity index (χ0n) is 16.8. The molecular formula is C21H20ClN3O6. The van der Waals surface area contributed by atoms with Crippen LogP contribution in [0.25, 0.3) is 0 Å². The number of nitrogens with one attached hydrogen (secondary N) is 2. The number of β-lactam (4-membered cyclic amide) rings is 1. The van der Waals surface area contributed by atoms with Gasteiger partial charge in [0.05, 0.1) is 7.11 Å². The quantitative estimate of drug-likeness (QED) is 0.222. The van der Waals surface area contributed by atoms with Crippen molar-refractivity contribution in [1.29, 1.82) is 0 Å². The summed E-state index contributed by atoms with van der Waals surface area (Å²) in [5.74, 6) is -1.73. The highest BCUT2D eigenvalue weighted by atomic mass is 35.5. The van der Waals surface area contributed by atoms with E-state index in [0.717, 1.165) is 5.01 Å². The standard InChI is InChI=1S/C21H20ClN3O6/c1-12(26)31-15-9-8-13(10-16(15)30-2)20-19(22)21(29)25(20)24-18(28)11-17(27)23-14-6-4-3-5-7-14/h3-10,19-20H,11H2,1-2H3,(H,23,27)(H,24,28)/t19-,20+/m0/s1. The zero-order chi connectivity index (χ0) is 22.5. The minimum Gasteiger partial charge on any atom is -0.493 e. The Morgan fingerprint density at radius 2 is 1.77 bits per heavy atom. The van der Waals surface area contributed by atoms with Crippen LogP contribution in [0.3, 0.4) is 0 Å². The van der Waals surface area contributed by atoms with Gasteiger partial charge in [0, 0.05) is 12.6 Å². The summed E-state index contributed by atoms with van der Waals surface area (Å²) in [5.41, 5.74) is 3.53. The van der Waals surface area contributed by atoms with Crippen LogP contribution in [0.15, 0.2) is 48.5 Å². The molecule has 2 aromatic rings. The van der Waals surface area contributed by atoms with E-state index in [-0.39, 0.29) is 11.5 Å².